The van der Waals surface area contributed by atoms with Gasteiger partial charge in [0.05, 0.1) is 16.7 Å². The van der Waals surface area contributed by atoms with Gasteiger partial charge in [0.2, 0.25) is 0 Å². The minimum Gasteiger partial charge on any atom is -0.374 e. The van der Waals surface area contributed by atoms with Crippen LogP contribution in [0, 0.1) is 5.41 Å². The second-order valence-corrected chi connectivity index (χ2v) is 13.0. The SMILES string of the molecule is CC1(C)C=C2NN(c3ccccc3)[P@](=S)(Nc3ccccn3)C2=C(N2CCCCC2)C1. The average Bonchev–Trinajstić information content (AvgIpc) is 3.06. The van der Waals surface area contributed by atoms with E-state index in [1.807, 2.05) is 30.5 Å². The quantitative estimate of drug-likeness (QED) is 0.570. The Kier molecular flexibility index (Phi) is 5.31. The van der Waals surface area contributed by atoms with E-state index < -0.39 is 6.34 Å². The van der Waals surface area contributed by atoms with Crippen molar-refractivity contribution in [1.29, 1.82) is 0 Å². The van der Waals surface area contributed by atoms with Crippen molar-refractivity contribution in [2.75, 3.05) is 23.0 Å². The van der Waals surface area contributed by atoms with Crippen molar-refractivity contribution < 1.29 is 0 Å². The zero-order valence-corrected chi connectivity index (χ0v) is 19.9. The van der Waals surface area contributed by atoms with Crippen LogP contribution in [0.1, 0.15) is 39.5 Å². The van der Waals surface area contributed by atoms with Gasteiger partial charge in [-0.3, -0.25) is 5.43 Å². The Morgan fingerprint density at radius 1 is 1.03 bits per heavy atom. The van der Waals surface area contributed by atoms with Crippen LogP contribution < -0.4 is 15.3 Å². The van der Waals surface area contributed by atoms with Crippen molar-refractivity contribution in [3.8, 4) is 0 Å². The molecular weight excluding hydrogens is 421 g/mol. The number of hydrazine groups is 1. The van der Waals surface area contributed by atoms with Gasteiger partial charge in [-0.1, -0.05) is 44.2 Å². The van der Waals surface area contributed by atoms with E-state index in [0.717, 1.165) is 36.7 Å². The number of anilines is 2. The molecule has 162 valence electrons. The second-order valence-electron chi connectivity index (χ2n) is 9.23. The summed E-state index contributed by atoms with van der Waals surface area (Å²) in [7, 11) is 0. The molecule has 1 aliphatic carbocycles. The van der Waals surface area contributed by atoms with E-state index in [0.29, 0.717) is 0 Å². The number of nitrogens with one attached hydrogen (secondary N) is 2. The molecule has 0 saturated carbocycles. The molecule has 0 spiro atoms. The Morgan fingerprint density at radius 2 is 1.77 bits per heavy atom. The van der Waals surface area contributed by atoms with E-state index >= 15 is 0 Å². The van der Waals surface area contributed by atoms with Gasteiger partial charge in [0.25, 0.3) is 0 Å². The van der Waals surface area contributed by atoms with E-state index in [1.165, 1.54) is 30.3 Å². The highest BCUT2D eigenvalue weighted by atomic mass is 32.4. The Morgan fingerprint density at radius 3 is 2.48 bits per heavy atom. The fourth-order valence-corrected chi connectivity index (χ4v) is 8.67. The molecule has 1 atom stereocenters. The number of piperidine rings is 1. The van der Waals surface area contributed by atoms with Crippen LogP contribution in [0.2, 0.25) is 0 Å². The fraction of sp³-hybridized carbons (Fsp3) is 0.375. The van der Waals surface area contributed by atoms with Crippen LogP contribution in [0.5, 0.6) is 0 Å². The van der Waals surface area contributed by atoms with Gasteiger partial charge < -0.3 is 9.99 Å². The van der Waals surface area contributed by atoms with Crippen molar-refractivity contribution in [1.82, 2.24) is 15.3 Å². The zero-order valence-electron chi connectivity index (χ0n) is 18.2. The highest BCUT2D eigenvalue weighted by molar-refractivity contribution is 8.18. The van der Waals surface area contributed by atoms with Crippen LogP contribution in [-0.2, 0) is 11.8 Å². The topological polar surface area (TPSA) is 43.4 Å². The predicted molar refractivity (Wildman–Crippen MR) is 133 cm³/mol. The third-order valence-corrected chi connectivity index (χ3v) is 10.0. The molecule has 0 amide bonds. The van der Waals surface area contributed by atoms with Gasteiger partial charge in [-0.15, -0.1) is 0 Å². The summed E-state index contributed by atoms with van der Waals surface area (Å²) in [5, 5.41) is 4.99. The summed E-state index contributed by atoms with van der Waals surface area (Å²) in [6.07, 6.45) is 6.61. The highest BCUT2D eigenvalue weighted by Crippen LogP contribution is 2.66. The molecule has 5 nitrogen and oxygen atoms in total. The van der Waals surface area contributed by atoms with E-state index in [4.69, 9.17) is 11.8 Å². The lowest BCUT2D eigenvalue weighted by molar-refractivity contribution is 0.254. The van der Waals surface area contributed by atoms with Crippen molar-refractivity contribution >= 4 is 29.7 Å². The lowest BCUT2D eigenvalue weighted by Gasteiger charge is -2.39. The maximum Gasteiger partial charge on any atom is 0.174 e. The molecule has 2 aliphatic heterocycles. The summed E-state index contributed by atoms with van der Waals surface area (Å²) in [6.45, 7) is 6.88. The van der Waals surface area contributed by atoms with Gasteiger partial charge in [0.15, 0.2) is 6.34 Å². The van der Waals surface area contributed by atoms with E-state index in [-0.39, 0.29) is 5.41 Å². The standard InChI is InChI=1S/C24H30N5PS/c1-24(2)17-20-23(21(18-24)28-15-9-4-10-16-28)30(31,27-22-13-7-8-14-25-22)29(26-20)19-11-5-3-6-12-19/h3,5-8,11-14,17,26H,4,9-10,15-16,18H2,1-2H3,(H,25,27,31)/t30-/m1/s1. The molecule has 0 radical (unpaired) electrons. The first-order valence-electron chi connectivity index (χ1n) is 11.1. The molecule has 2 N–H and O–H groups in total. The van der Waals surface area contributed by atoms with Crippen LogP contribution in [0.25, 0.3) is 0 Å². The summed E-state index contributed by atoms with van der Waals surface area (Å²) >= 11 is 6.57. The molecule has 1 aromatic carbocycles. The molecule has 2 saturated heterocycles. The highest BCUT2D eigenvalue weighted by Gasteiger charge is 2.46. The van der Waals surface area contributed by atoms with Crippen LogP contribution >= 0.6 is 6.34 Å². The maximum absolute atomic E-state index is 6.57. The average molecular weight is 452 g/mol. The fourth-order valence-electron chi connectivity index (χ4n) is 4.80. The number of nitrogens with zero attached hydrogens (tertiary/aromatic N) is 3. The minimum atomic E-state index is -2.42. The van der Waals surface area contributed by atoms with Crippen LogP contribution in [-0.4, -0.2) is 23.0 Å². The largest absolute Gasteiger partial charge is 0.374 e. The molecule has 31 heavy (non-hydrogen) atoms. The molecule has 0 bridgehead atoms. The number of rotatable bonds is 4. The molecule has 2 aromatic rings. The first kappa shape index (κ1) is 20.6. The molecule has 0 unspecified atom stereocenters. The number of likely N-dealkylation sites (tertiary alicyclic amines) is 1. The molecule has 3 aliphatic rings. The van der Waals surface area contributed by atoms with Crippen molar-refractivity contribution in [3.63, 3.8) is 0 Å². The summed E-state index contributed by atoms with van der Waals surface area (Å²) < 4.78 is 2.20. The normalized spacial score (nSPS) is 25.0. The summed E-state index contributed by atoms with van der Waals surface area (Å²) in [4.78, 5) is 7.16. The Labute approximate surface area is 190 Å². The van der Waals surface area contributed by atoms with Gasteiger partial charge in [-0.25, -0.2) is 9.76 Å². The third kappa shape index (κ3) is 3.88. The smallest absolute Gasteiger partial charge is 0.174 e. The lowest BCUT2D eigenvalue weighted by atomic mass is 9.82. The molecule has 2 fully saturated rings. The van der Waals surface area contributed by atoms with Crippen molar-refractivity contribution in [2.45, 2.75) is 39.5 Å². The van der Waals surface area contributed by atoms with Crippen LogP contribution in [0.15, 0.2) is 77.5 Å². The Bertz CT molecular complexity index is 1060. The third-order valence-electron chi connectivity index (χ3n) is 6.17. The first-order chi connectivity index (χ1) is 15.0. The number of benzene rings is 1. The summed E-state index contributed by atoms with van der Waals surface area (Å²) in [5.74, 6) is 0.824. The maximum atomic E-state index is 6.57. The van der Waals surface area contributed by atoms with Crippen LogP contribution in [0.3, 0.4) is 0 Å². The molecule has 3 heterocycles. The first-order valence-corrected chi connectivity index (χ1v) is 13.9. The van der Waals surface area contributed by atoms with E-state index in [9.17, 15) is 0 Å². The van der Waals surface area contributed by atoms with Crippen molar-refractivity contribution in [3.05, 3.63) is 77.5 Å². The Balaban J connectivity index is 1.68. The van der Waals surface area contributed by atoms with E-state index in [2.05, 4.69) is 69.4 Å². The predicted octanol–water partition coefficient (Wildman–Crippen LogP) is 5.84. The number of pyridine rings is 1. The zero-order chi connectivity index (χ0) is 21.5. The second kappa shape index (κ2) is 7.99. The van der Waals surface area contributed by atoms with Gasteiger partial charge in [-0.05, 0) is 67.2 Å². The van der Waals surface area contributed by atoms with Crippen LogP contribution in [0.4, 0.5) is 11.5 Å². The van der Waals surface area contributed by atoms with Gasteiger partial charge in [0.1, 0.15) is 5.82 Å². The number of fused-ring (bicyclic) bond motifs is 1. The van der Waals surface area contributed by atoms with Gasteiger partial charge in [-0.2, -0.15) is 0 Å². The molecule has 1 aromatic heterocycles. The monoisotopic (exact) mass is 451 g/mol. The van der Waals surface area contributed by atoms with Crippen molar-refractivity contribution in [2.24, 2.45) is 5.41 Å². The molecule has 5 rings (SSSR count). The lowest BCUT2D eigenvalue weighted by Crippen LogP contribution is -2.34. The number of para-hydroxylation sites is 1. The summed E-state index contributed by atoms with van der Waals surface area (Å²) in [5.41, 5.74) is 7.44. The number of aromatic nitrogens is 1. The molecular formula is C24H30N5PS. The number of hydrogen-bond acceptors (Lipinski definition) is 4. The minimum absolute atomic E-state index is 0.0798. The number of hydrogen-bond donors (Lipinski definition) is 2. The Hall–Kier alpha value is -2.30. The summed E-state index contributed by atoms with van der Waals surface area (Å²) in [6, 6.07) is 16.4. The van der Waals surface area contributed by atoms with Gasteiger partial charge in [0, 0.05) is 25.0 Å². The number of allylic oxidation sites excluding steroid dienone is 3. The van der Waals surface area contributed by atoms with Gasteiger partial charge >= 0.3 is 0 Å². The van der Waals surface area contributed by atoms with E-state index in [1.54, 1.807) is 0 Å². The molecule has 7 heteroatoms.